The zero-order valence-electron chi connectivity index (χ0n) is 43.8. The average molecular weight is 1100 g/mol. The Morgan fingerprint density at radius 2 is 0.642 bits per heavy atom. The second-order valence-electron chi connectivity index (χ2n) is 26.4. The number of nitrogens with zero attached hydrogens (tertiary/aromatic N) is 6. The molecule has 6 amide bonds. The summed E-state index contributed by atoms with van der Waals surface area (Å²) < 4.78 is 38.4. The third-order valence-electron chi connectivity index (χ3n) is 26.1. The molecule has 24 atom stereocenters. The molecule has 81 heavy (non-hydrogen) atoms. The van der Waals surface area contributed by atoms with Gasteiger partial charge in [-0.2, -0.15) is 0 Å². The minimum atomic E-state index is -2.00. The number of amides is 6. The van der Waals surface area contributed by atoms with E-state index >= 15 is 28.8 Å². The van der Waals surface area contributed by atoms with Crippen molar-refractivity contribution < 1.29 is 76.4 Å². The monoisotopic (exact) mass is 1100 g/mol. The van der Waals surface area contributed by atoms with E-state index in [-0.39, 0.29) is 5.69 Å². The Hall–Kier alpha value is -7.33. The van der Waals surface area contributed by atoms with Gasteiger partial charge in [-0.3, -0.25) is 43.7 Å². The number of fused-ring (bicyclic) bond motifs is 30. The molecule has 7 aliphatic heterocycles. The number of hydrogen-bond donors (Lipinski definition) is 0. The first-order valence-electron chi connectivity index (χ1n) is 28.3. The fourth-order valence-corrected chi connectivity index (χ4v) is 26.1. The molecule has 7 saturated heterocycles. The van der Waals surface area contributed by atoms with Gasteiger partial charge in [-0.25, -0.2) is 33.9 Å². The van der Waals surface area contributed by atoms with Gasteiger partial charge >= 0.3 is 23.9 Å². The maximum Gasteiger partial charge on any atom is 0.338 e. The molecule has 24 unspecified atom stereocenters. The molecule has 17 aliphatic rings. The molecule has 17 fully saturated rings. The van der Waals surface area contributed by atoms with E-state index < -0.39 is 223 Å². The van der Waals surface area contributed by atoms with E-state index in [1.165, 1.54) is 80.3 Å². The summed E-state index contributed by atoms with van der Waals surface area (Å²) in [5, 5.41) is 0. The molecular formula is C59H50N6O16. The number of carbonyl (C=O) groups excluding carboxylic acids is 10. The summed E-state index contributed by atoms with van der Waals surface area (Å²) in [6.45, 7) is 0. The first-order chi connectivity index (χ1) is 39.2. The van der Waals surface area contributed by atoms with Gasteiger partial charge in [0.25, 0.3) is 0 Å². The van der Waals surface area contributed by atoms with E-state index in [4.69, 9.17) is 28.4 Å². The van der Waals surface area contributed by atoms with E-state index in [1.807, 2.05) is 0 Å². The lowest BCUT2D eigenvalue weighted by Crippen LogP contribution is -2.73. The summed E-state index contributed by atoms with van der Waals surface area (Å²) >= 11 is 0. The number of anilines is 3. The van der Waals surface area contributed by atoms with Crippen LogP contribution in [0, 0.1) is 141 Å². The number of methoxy groups -OCH3 is 4. The van der Waals surface area contributed by atoms with Crippen LogP contribution >= 0.6 is 0 Å². The molecule has 3 aromatic heterocycles. The zero-order valence-corrected chi connectivity index (χ0v) is 43.8. The molecule has 20 rings (SSSR count). The van der Waals surface area contributed by atoms with Crippen LogP contribution in [-0.4, -0.2) is 125 Å². The lowest BCUT2D eigenvalue weighted by atomic mass is 9.35. The number of imide groups is 3. The smallest absolute Gasteiger partial charge is 0.338 e. The van der Waals surface area contributed by atoms with E-state index in [1.54, 1.807) is 36.4 Å². The normalized spacial score (nSPS) is 52.6. The summed E-state index contributed by atoms with van der Waals surface area (Å²) in [7, 11) is 4.95. The summed E-state index contributed by atoms with van der Waals surface area (Å²) in [6.07, 6.45) is 9.54. The third kappa shape index (κ3) is 3.88. The van der Waals surface area contributed by atoms with Crippen LogP contribution in [0.4, 0.5) is 17.1 Å². The molecule has 10 heterocycles. The lowest BCUT2D eigenvalue weighted by molar-refractivity contribution is -0.203. The Morgan fingerprint density at radius 1 is 0.395 bits per heavy atom. The molecule has 3 aromatic rings. The molecule has 0 aromatic carbocycles. The van der Waals surface area contributed by atoms with Crippen molar-refractivity contribution in [3.63, 3.8) is 0 Å². The molecule has 16 bridgehead atoms. The molecule has 22 heteroatoms. The second kappa shape index (κ2) is 13.6. The predicted octanol–water partition coefficient (Wildman–Crippen LogP) is 1.06. The molecule has 0 radical (unpaired) electrons. The predicted molar refractivity (Wildman–Crippen MR) is 262 cm³/mol. The molecule has 10 aliphatic carbocycles. The van der Waals surface area contributed by atoms with Crippen LogP contribution in [0.5, 0.6) is 0 Å². The number of pyridine rings is 3. The Balaban J connectivity index is 0.834. The van der Waals surface area contributed by atoms with Crippen molar-refractivity contribution in [2.45, 2.75) is 35.2 Å². The van der Waals surface area contributed by atoms with Crippen molar-refractivity contribution in [3.05, 3.63) is 73.6 Å². The van der Waals surface area contributed by atoms with Gasteiger partial charge in [-0.1, -0.05) is 0 Å². The topological polar surface area (TPSA) is 274 Å². The summed E-state index contributed by atoms with van der Waals surface area (Å²) in [6, 6.07) is 9.47. The van der Waals surface area contributed by atoms with Gasteiger partial charge in [0, 0.05) is 84.5 Å². The Morgan fingerprint density at radius 3 is 0.889 bits per heavy atom. The van der Waals surface area contributed by atoms with E-state index in [0.29, 0.717) is 24.2 Å². The van der Waals surface area contributed by atoms with Crippen LogP contribution in [0.15, 0.2) is 73.6 Å². The molecule has 22 nitrogen and oxygen atoms in total. The summed E-state index contributed by atoms with van der Waals surface area (Å²) in [5.41, 5.74) is -10.5. The van der Waals surface area contributed by atoms with Crippen molar-refractivity contribution >= 4 is 76.4 Å². The van der Waals surface area contributed by atoms with Crippen LogP contribution in [0.2, 0.25) is 0 Å². The van der Waals surface area contributed by atoms with Crippen molar-refractivity contribution in [1.82, 2.24) is 15.0 Å². The second-order valence-corrected chi connectivity index (χ2v) is 26.4. The molecular weight excluding hydrogens is 1050 g/mol. The zero-order chi connectivity index (χ0) is 55.2. The molecule has 0 N–H and O–H groups in total. The van der Waals surface area contributed by atoms with Gasteiger partial charge in [0.15, 0.2) is 22.4 Å². The fourth-order valence-electron chi connectivity index (χ4n) is 26.1. The van der Waals surface area contributed by atoms with Crippen molar-refractivity contribution in [3.8, 4) is 0 Å². The minimum Gasteiger partial charge on any atom is -0.467 e. The van der Waals surface area contributed by atoms with Crippen LogP contribution in [0.3, 0.4) is 0 Å². The number of carbonyl (C=O) groups is 10. The largest absolute Gasteiger partial charge is 0.467 e. The Kier molecular flexibility index (Phi) is 7.77. The first kappa shape index (κ1) is 46.3. The van der Waals surface area contributed by atoms with E-state index in [0.717, 1.165) is 0 Å². The standard InChI is InChI=1S/C59H50N6O16/c1-76-50(72)56-32-22-17-23(27-26(22)44(66)63(45(27)67)19-5-11-60-12-6-19)33(32)57(80-56,51(73)77-2)41-37-30-31-38-42-43(39(31)55(37)49(71)65(21-9-15-62-16-10-21)48(70)54(38,55)36(30)40(41)56)59(53(75)79-4)35-25-18-24(34(35)58(42,81-59)52(74)78-3)28-29(25)47(69)64(46(28)68)20-7-13-61-14-8-20/h5-16,22-43H,17-18H2,1-4H3. The van der Waals surface area contributed by atoms with Crippen molar-refractivity contribution in [2.24, 2.45) is 141 Å². The molecule has 2 spiro atoms. The lowest BCUT2D eigenvalue weighted by Gasteiger charge is -2.62. The van der Waals surface area contributed by atoms with Gasteiger partial charge in [0.2, 0.25) is 35.4 Å². The quantitative estimate of drug-likeness (QED) is 0.182. The number of esters is 4. The van der Waals surface area contributed by atoms with E-state index in [2.05, 4.69) is 15.0 Å². The average Bonchev–Trinajstić information content (AvgIpc) is 1.38. The van der Waals surface area contributed by atoms with Crippen molar-refractivity contribution in [2.75, 3.05) is 43.1 Å². The van der Waals surface area contributed by atoms with Gasteiger partial charge in [-0.05, 0) is 108 Å². The summed E-state index contributed by atoms with van der Waals surface area (Å²) in [5.74, 6) is -24.4. The Bertz CT molecular complexity index is 3300. The summed E-state index contributed by atoms with van der Waals surface area (Å²) in [4.78, 5) is 172. The van der Waals surface area contributed by atoms with E-state index in [9.17, 15) is 19.2 Å². The maximum atomic E-state index is 16.9. The van der Waals surface area contributed by atoms with Gasteiger partial charge < -0.3 is 28.4 Å². The molecule has 412 valence electrons. The van der Waals surface area contributed by atoms with Crippen LogP contribution in [0.1, 0.15) is 12.8 Å². The van der Waals surface area contributed by atoms with Crippen LogP contribution < -0.4 is 14.7 Å². The van der Waals surface area contributed by atoms with Gasteiger partial charge in [-0.15, -0.1) is 0 Å². The highest BCUT2D eigenvalue weighted by molar-refractivity contribution is 6.28. The highest BCUT2D eigenvalue weighted by Gasteiger charge is 3.11. The highest BCUT2D eigenvalue weighted by atomic mass is 16.6. The fraction of sp³-hybridized carbons (Fsp3) is 0.576. The minimum absolute atomic E-state index is 0.241. The number of aromatic nitrogens is 3. The van der Waals surface area contributed by atoms with Crippen LogP contribution in [-0.2, 0) is 76.4 Å². The highest BCUT2D eigenvalue weighted by Crippen LogP contribution is 3.03. The Labute approximate surface area is 459 Å². The number of hydrogen-bond acceptors (Lipinski definition) is 19. The maximum absolute atomic E-state index is 16.9. The first-order valence-corrected chi connectivity index (χ1v) is 28.3. The third-order valence-corrected chi connectivity index (χ3v) is 26.1. The van der Waals surface area contributed by atoms with Crippen LogP contribution in [0.25, 0.3) is 0 Å². The SMILES string of the molecule is COC(=O)C12OC(C(=O)OC)(C3C4CC(C5C(=O)N(c6ccncc6)C(=O)C45)C31)C1C2C2C3C4C5C6C(C4C4(C(=O)N(c7ccncc7)C(=O)C254)C31)C1(C(=O)OC)OC6(C(=O)OC)C2C3CC(C4C(=O)N(c5ccncc5)C(=O)C34)C21. The van der Waals surface area contributed by atoms with Gasteiger partial charge in [0.1, 0.15) is 0 Å². The number of rotatable bonds is 7. The van der Waals surface area contributed by atoms with Crippen molar-refractivity contribution in [1.29, 1.82) is 0 Å². The molecule has 10 saturated carbocycles. The number of ether oxygens (including phenoxy) is 6. The van der Waals surface area contributed by atoms with Gasteiger partial charge in [0.05, 0.1) is 80.0 Å².